The average molecular weight is 274 g/mol. The van der Waals surface area contributed by atoms with Crippen molar-refractivity contribution in [3.63, 3.8) is 0 Å². The highest BCUT2D eigenvalue weighted by molar-refractivity contribution is 5.28. The summed E-state index contributed by atoms with van der Waals surface area (Å²) in [5.41, 5.74) is 3.08. The van der Waals surface area contributed by atoms with Crippen LogP contribution in [0.5, 0.6) is 0 Å². The van der Waals surface area contributed by atoms with Gasteiger partial charge in [0.2, 0.25) is 0 Å². The van der Waals surface area contributed by atoms with Gasteiger partial charge < -0.3 is 5.32 Å². The molecule has 2 heteroatoms. The molecular formula is C18H30N2. The number of hydrogen-bond acceptors (Lipinski definition) is 2. The van der Waals surface area contributed by atoms with Crippen LogP contribution in [0, 0.1) is 5.92 Å². The first-order chi connectivity index (χ1) is 9.70. The molecule has 1 aromatic rings. The van der Waals surface area contributed by atoms with Gasteiger partial charge in [0.25, 0.3) is 0 Å². The Hall–Kier alpha value is -0.860. The molecule has 0 amide bonds. The summed E-state index contributed by atoms with van der Waals surface area (Å²) < 4.78 is 0. The molecule has 0 saturated heterocycles. The number of nitrogens with zero attached hydrogens (tertiary/aromatic N) is 1. The van der Waals surface area contributed by atoms with Crippen molar-refractivity contribution < 1.29 is 0 Å². The van der Waals surface area contributed by atoms with E-state index in [9.17, 15) is 0 Å². The molecule has 0 aliphatic carbocycles. The summed E-state index contributed by atoms with van der Waals surface area (Å²) >= 11 is 0. The molecule has 112 valence electrons. The second-order valence-corrected chi connectivity index (χ2v) is 6.41. The summed E-state index contributed by atoms with van der Waals surface area (Å²) in [5, 5.41) is 3.72. The zero-order valence-electron chi connectivity index (χ0n) is 13.4. The molecule has 0 spiro atoms. The minimum absolute atomic E-state index is 0.611. The lowest BCUT2D eigenvalue weighted by Gasteiger charge is -2.29. The van der Waals surface area contributed by atoms with Gasteiger partial charge in [-0.15, -0.1) is 0 Å². The maximum absolute atomic E-state index is 3.72. The van der Waals surface area contributed by atoms with E-state index in [0.29, 0.717) is 12.0 Å². The van der Waals surface area contributed by atoms with Crippen molar-refractivity contribution in [3.8, 4) is 0 Å². The fraction of sp³-hybridized carbons (Fsp3) is 0.667. The number of hydrogen-bond donors (Lipinski definition) is 1. The fourth-order valence-corrected chi connectivity index (χ4v) is 3.04. The molecule has 0 saturated carbocycles. The van der Waals surface area contributed by atoms with E-state index in [1.54, 1.807) is 5.56 Å². The van der Waals surface area contributed by atoms with E-state index in [0.717, 1.165) is 13.1 Å². The lowest BCUT2D eigenvalue weighted by Crippen LogP contribution is -2.44. The van der Waals surface area contributed by atoms with E-state index in [-0.39, 0.29) is 0 Å². The molecule has 0 fully saturated rings. The summed E-state index contributed by atoms with van der Waals surface area (Å²) in [6.07, 6.45) is 3.74. The molecule has 1 unspecified atom stereocenters. The van der Waals surface area contributed by atoms with Crippen LogP contribution in [0.15, 0.2) is 24.3 Å². The third kappa shape index (κ3) is 4.32. The Bertz CT molecular complexity index is 400. The van der Waals surface area contributed by atoms with Crippen molar-refractivity contribution in [1.29, 1.82) is 0 Å². The Morgan fingerprint density at radius 3 is 2.65 bits per heavy atom. The topological polar surface area (TPSA) is 15.3 Å². The van der Waals surface area contributed by atoms with E-state index in [1.165, 1.54) is 37.9 Å². The van der Waals surface area contributed by atoms with Crippen LogP contribution in [0.3, 0.4) is 0 Å². The Labute approximate surface area is 124 Å². The Kier molecular flexibility index (Phi) is 6.06. The number of aryl methyl sites for hydroxylation is 1. The number of fused-ring (bicyclic) bond motifs is 1. The van der Waals surface area contributed by atoms with Crippen LogP contribution >= 0.6 is 0 Å². The maximum Gasteiger partial charge on any atom is 0.0237 e. The summed E-state index contributed by atoms with van der Waals surface area (Å²) in [5.74, 6) is 0.694. The molecule has 0 aromatic heterocycles. The Morgan fingerprint density at radius 2 is 1.95 bits per heavy atom. The smallest absolute Gasteiger partial charge is 0.0237 e. The minimum atomic E-state index is 0.611. The lowest BCUT2D eigenvalue weighted by atomic mass is 10.0. The standard InChI is InChI=1S/C18H30N2/c1-4-11-19-18(15(2)3)14-20-12-7-10-16-8-5-6-9-17(16)13-20/h5-6,8-9,15,18-19H,4,7,10-14H2,1-3H3. The summed E-state index contributed by atoms with van der Waals surface area (Å²) in [4.78, 5) is 2.64. The molecule has 1 aliphatic rings. The predicted octanol–water partition coefficient (Wildman–Crippen LogP) is 3.46. The first-order valence-electron chi connectivity index (χ1n) is 8.23. The van der Waals surface area contributed by atoms with Crippen LogP contribution in [0.2, 0.25) is 0 Å². The maximum atomic E-state index is 3.72. The number of benzene rings is 1. The zero-order valence-corrected chi connectivity index (χ0v) is 13.4. The monoisotopic (exact) mass is 274 g/mol. The van der Waals surface area contributed by atoms with Gasteiger partial charge >= 0.3 is 0 Å². The van der Waals surface area contributed by atoms with E-state index in [4.69, 9.17) is 0 Å². The van der Waals surface area contributed by atoms with Crippen LogP contribution in [0.4, 0.5) is 0 Å². The third-order valence-electron chi connectivity index (χ3n) is 4.35. The van der Waals surface area contributed by atoms with Crippen LogP contribution in [-0.2, 0) is 13.0 Å². The third-order valence-corrected chi connectivity index (χ3v) is 4.35. The van der Waals surface area contributed by atoms with Gasteiger partial charge in [0.05, 0.1) is 0 Å². The zero-order chi connectivity index (χ0) is 14.4. The van der Waals surface area contributed by atoms with Gasteiger partial charge in [-0.25, -0.2) is 0 Å². The Morgan fingerprint density at radius 1 is 1.20 bits per heavy atom. The van der Waals surface area contributed by atoms with Crippen LogP contribution in [-0.4, -0.2) is 30.6 Å². The van der Waals surface area contributed by atoms with Crippen molar-refractivity contribution in [1.82, 2.24) is 10.2 Å². The molecule has 1 atom stereocenters. The summed E-state index contributed by atoms with van der Waals surface area (Å²) in [7, 11) is 0. The molecule has 0 bridgehead atoms. The van der Waals surface area contributed by atoms with E-state index >= 15 is 0 Å². The van der Waals surface area contributed by atoms with Gasteiger partial charge in [-0.1, -0.05) is 45.0 Å². The molecule has 2 nitrogen and oxygen atoms in total. The minimum Gasteiger partial charge on any atom is -0.312 e. The van der Waals surface area contributed by atoms with Crippen LogP contribution < -0.4 is 5.32 Å². The largest absolute Gasteiger partial charge is 0.312 e. The summed E-state index contributed by atoms with van der Waals surface area (Å²) in [6, 6.07) is 9.57. The highest BCUT2D eigenvalue weighted by Crippen LogP contribution is 2.19. The van der Waals surface area contributed by atoms with E-state index in [1.807, 2.05) is 0 Å². The lowest BCUT2D eigenvalue weighted by molar-refractivity contribution is 0.213. The van der Waals surface area contributed by atoms with Crippen LogP contribution in [0.25, 0.3) is 0 Å². The van der Waals surface area contributed by atoms with Gasteiger partial charge in [0.15, 0.2) is 0 Å². The molecule has 1 aliphatic heterocycles. The van der Waals surface area contributed by atoms with Crippen molar-refractivity contribution in [2.24, 2.45) is 5.92 Å². The fourth-order valence-electron chi connectivity index (χ4n) is 3.04. The SMILES string of the molecule is CCCNC(CN1CCCc2ccccc2C1)C(C)C. The molecule has 0 radical (unpaired) electrons. The highest BCUT2D eigenvalue weighted by Gasteiger charge is 2.19. The van der Waals surface area contributed by atoms with Crippen molar-refractivity contribution in [3.05, 3.63) is 35.4 Å². The molecule has 1 N–H and O–H groups in total. The molecule has 20 heavy (non-hydrogen) atoms. The van der Waals surface area contributed by atoms with Gasteiger partial charge in [-0.05, 0) is 49.4 Å². The number of rotatable bonds is 6. The molecule has 1 aromatic carbocycles. The van der Waals surface area contributed by atoms with Gasteiger partial charge in [0, 0.05) is 19.1 Å². The molecule has 1 heterocycles. The van der Waals surface area contributed by atoms with Gasteiger partial charge in [-0.3, -0.25) is 4.90 Å². The number of nitrogens with one attached hydrogen (secondary N) is 1. The Balaban J connectivity index is 1.98. The normalized spacial score (nSPS) is 17.8. The van der Waals surface area contributed by atoms with Crippen molar-refractivity contribution in [2.45, 2.75) is 52.6 Å². The molecular weight excluding hydrogens is 244 g/mol. The highest BCUT2D eigenvalue weighted by atomic mass is 15.1. The quantitative estimate of drug-likeness (QED) is 0.854. The van der Waals surface area contributed by atoms with E-state index < -0.39 is 0 Å². The second kappa shape index (κ2) is 7.80. The van der Waals surface area contributed by atoms with E-state index in [2.05, 4.69) is 55.3 Å². The van der Waals surface area contributed by atoms with Crippen molar-refractivity contribution in [2.75, 3.05) is 19.6 Å². The first-order valence-corrected chi connectivity index (χ1v) is 8.23. The predicted molar refractivity (Wildman–Crippen MR) is 87.0 cm³/mol. The van der Waals surface area contributed by atoms with Gasteiger partial charge in [-0.2, -0.15) is 0 Å². The van der Waals surface area contributed by atoms with Gasteiger partial charge in [0.1, 0.15) is 0 Å². The molecule has 2 rings (SSSR count). The van der Waals surface area contributed by atoms with Crippen molar-refractivity contribution >= 4 is 0 Å². The average Bonchev–Trinajstić information content (AvgIpc) is 2.64. The van der Waals surface area contributed by atoms with Crippen LogP contribution in [0.1, 0.15) is 44.7 Å². The summed E-state index contributed by atoms with van der Waals surface area (Å²) in [6.45, 7) is 11.6. The second-order valence-electron chi connectivity index (χ2n) is 6.41. The first kappa shape index (κ1) is 15.5.